The Labute approximate surface area is 150 Å². The molecule has 0 unspecified atom stereocenters. The number of nitrogens with one attached hydrogen (secondary N) is 2. The van der Waals surface area contributed by atoms with Gasteiger partial charge in [0.15, 0.2) is 0 Å². The third-order valence-electron chi connectivity index (χ3n) is 3.17. The summed E-state index contributed by atoms with van der Waals surface area (Å²) in [7, 11) is 0. The van der Waals surface area contributed by atoms with Crippen molar-refractivity contribution in [3.8, 4) is 5.75 Å². The van der Waals surface area contributed by atoms with Gasteiger partial charge in [0.25, 0.3) is 0 Å². The molecule has 130 valence electrons. The van der Waals surface area contributed by atoms with Crippen LogP contribution in [0.3, 0.4) is 0 Å². The summed E-state index contributed by atoms with van der Waals surface area (Å²) in [5.74, 6) is -0.978. The Kier molecular flexibility index (Phi) is 6.98. The molecule has 0 spiro atoms. The highest BCUT2D eigenvalue weighted by Crippen LogP contribution is 2.20. The average Bonchev–Trinajstić information content (AvgIpc) is 2.62. The Morgan fingerprint density at radius 3 is 2.60 bits per heavy atom. The molecule has 2 aromatic rings. The predicted octanol–water partition coefficient (Wildman–Crippen LogP) is 2.51. The fourth-order valence-corrected chi connectivity index (χ4v) is 2.13. The fraction of sp³-hybridized carbons (Fsp3) is 0.167. The summed E-state index contributed by atoms with van der Waals surface area (Å²) in [6, 6.07) is 14.6. The normalized spacial score (nSPS) is 10.5. The molecule has 0 aliphatic carbocycles. The molecule has 6 nitrogen and oxygen atoms in total. The number of amides is 2. The van der Waals surface area contributed by atoms with Gasteiger partial charge in [0.1, 0.15) is 12.4 Å². The second-order valence-electron chi connectivity index (χ2n) is 4.98. The minimum Gasteiger partial charge on any atom is -0.488 e. The monoisotopic (exact) mass is 359 g/mol. The van der Waals surface area contributed by atoms with Gasteiger partial charge < -0.3 is 10.1 Å². The van der Waals surface area contributed by atoms with Crippen molar-refractivity contribution in [3.63, 3.8) is 0 Å². The highest BCUT2D eigenvalue weighted by atomic mass is 35.5. The van der Waals surface area contributed by atoms with Gasteiger partial charge in [0.05, 0.1) is 6.21 Å². The Morgan fingerprint density at radius 1 is 1.12 bits per heavy atom. The molecular weight excluding hydrogens is 342 g/mol. The summed E-state index contributed by atoms with van der Waals surface area (Å²) >= 11 is 6.11. The third kappa shape index (κ3) is 5.61. The molecule has 2 amide bonds. The van der Waals surface area contributed by atoms with E-state index in [9.17, 15) is 9.59 Å². The van der Waals surface area contributed by atoms with Crippen LogP contribution >= 0.6 is 11.6 Å². The zero-order chi connectivity index (χ0) is 18.1. The highest BCUT2D eigenvalue weighted by molar-refractivity contribution is 6.35. The van der Waals surface area contributed by atoms with Gasteiger partial charge in [-0.15, -0.1) is 0 Å². The Bertz CT molecular complexity index is 778. The standard InChI is InChI=1S/C18H18ClN3O3/c1-2-20-17(23)18(24)22-21-11-13-7-4-6-10-16(13)25-12-14-8-3-5-9-15(14)19/h3-11H,2,12H2,1H3,(H,20,23)(H,22,24)/b21-11-. The quantitative estimate of drug-likeness (QED) is 0.472. The largest absolute Gasteiger partial charge is 0.488 e. The number of hydrogen-bond acceptors (Lipinski definition) is 4. The number of carbonyl (C=O) groups is 2. The summed E-state index contributed by atoms with van der Waals surface area (Å²) in [6.45, 7) is 2.39. The van der Waals surface area contributed by atoms with Gasteiger partial charge >= 0.3 is 11.8 Å². The molecule has 2 rings (SSSR count). The molecule has 0 saturated heterocycles. The topological polar surface area (TPSA) is 79.8 Å². The SMILES string of the molecule is CCNC(=O)C(=O)N/N=C\c1ccccc1OCc1ccccc1Cl. The molecule has 0 aromatic heterocycles. The van der Waals surface area contributed by atoms with E-state index in [-0.39, 0.29) is 0 Å². The maximum atomic E-state index is 11.5. The van der Waals surface area contributed by atoms with E-state index in [4.69, 9.17) is 16.3 Å². The first kappa shape index (κ1) is 18.5. The van der Waals surface area contributed by atoms with E-state index in [1.807, 2.05) is 30.3 Å². The number of para-hydroxylation sites is 1. The van der Waals surface area contributed by atoms with Crippen molar-refractivity contribution in [2.45, 2.75) is 13.5 Å². The van der Waals surface area contributed by atoms with E-state index in [2.05, 4.69) is 15.8 Å². The van der Waals surface area contributed by atoms with Crippen LogP contribution in [0.25, 0.3) is 0 Å². The van der Waals surface area contributed by atoms with Gasteiger partial charge in [-0.2, -0.15) is 5.10 Å². The van der Waals surface area contributed by atoms with Crippen LogP contribution in [0.4, 0.5) is 0 Å². The first-order valence-electron chi connectivity index (χ1n) is 7.68. The summed E-state index contributed by atoms with van der Waals surface area (Å²) < 4.78 is 5.78. The van der Waals surface area contributed by atoms with Gasteiger partial charge in [0.2, 0.25) is 0 Å². The number of nitrogens with zero attached hydrogens (tertiary/aromatic N) is 1. The predicted molar refractivity (Wildman–Crippen MR) is 96.6 cm³/mol. The van der Waals surface area contributed by atoms with Crippen molar-refractivity contribution in [2.24, 2.45) is 5.10 Å². The van der Waals surface area contributed by atoms with Crippen LogP contribution in [0.15, 0.2) is 53.6 Å². The van der Waals surface area contributed by atoms with Gasteiger partial charge in [0, 0.05) is 22.7 Å². The molecular formula is C18H18ClN3O3. The Morgan fingerprint density at radius 2 is 1.84 bits per heavy atom. The maximum Gasteiger partial charge on any atom is 0.329 e. The molecule has 0 heterocycles. The van der Waals surface area contributed by atoms with Crippen LogP contribution in [0, 0.1) is 0 Å². The van der Waals surface area contributed by atoms with E-state index < -0.39 is 11.8 Å². The molecule has 0 aliphatic rings. The van der Waals surface area contributed by atoms with E-state index in [0.29, 0.717) is 29.5 Å². The maximum absolute atomic E-state index is 11.5. The lowest BCUT2D eigenvalue weighted by Crippen LogP contribution is -2.37. The number of hydrogen-bond donors (Lipinski definition) is 2. The zero-order valence-corrected chi connectivity index (χ0v) is 14.4. The van der Waals surface area contributed by atoms with E-state index >= 15 is 0 Å². The van der Waals surface area contributed by atoms with Crippen molar-refractivity contribution in [2.75, 3.05) is 6.54 Å². The van der Waals surface area contributed by atoms with Crippen molar-refractivity contribution >= 4 is 29.6 Å². The second-order valence-corrected chi connectivity index (χ2v) is 5.38. The summed E-state index contributed by atoms with van der Waals surface area (Å²) in [4.78, 5) is 22.8. The van der Waals surface area contributed by atoms with Gasteiger partial charge in [-0.1, -0.05) is 41.9 Å². The first-order valence-corrected chi connectivity index (χ1v) is 8.06. The molecule has 0 atom stereocenters. The van der Waals surface area contributed by atoms with Crippen molar-refractivity contribution in [1.29, 1.82) is 0 Å². The highest BCUT2D eigenvalue weighted by Gasteiger charge is 2.10. The number of rotatable bonds is 6. The molecule has 0 aliphatic heterocycles. The minimum atomic E-state index is -0.826. The van der Waals surface area contributed by atoms with Crippen LogP contribution in [0.2, 0.25) is 5.02 Å². The number of benzene rings is 2. The second kappa shape index (κ2) is 9.44. The lowest BCUT2D eigenvalue weighted by Gasteiger charge is -2.10. The molecule has 7 heteroatoms. The molecule has 25 heavy (non-hydrogen) atoms. The van der Waals surface area contributed by atoms with Crippen molar-refractivity contribution in [3.05, 3.63) is 64.7 Å². The molecule has 0 bridgehead atoms. The number of ether oxygens (including phenoxy) is 1. The summed E-state index contributed by atoms with van der Waals surface area (Å²) in [6.07, 6.45) is 1.42. The summed E-state index contributed by atoms with van der Waals surface area (Å²) in [5, 5.41) is 6.80. The summed E-state index contributed by atoms with van der Waals surface area (Å²) in [5.41, 5.74) is 3.69. The van der Waals surface area contributed by atoms with Crippen LogP contribution in [-0.2, 0) is 16.2 Å². The number of hydrazone groups is 1. The molecule has 0 fully saturated rings. The number of halogens is 1. The number of likely N-dealkylation sites (N-methyl/N-ethyl adjacent to an activating group) is 1. The zero-order valence-electron chi connectivity index (χ0n) is 13.7. The Hall–Kier alpha value is -2.86. The van der Waals surface area contributed by atoms with E-state index in [1.54, 1.807) is 25.1 Å². The van der Waals surface area contributed by atoms with Gasteiger partial charge in [-0.3, -0.25) is 9.59 Å². The molecule has 2 N–H and O–H groups in total. The lowest BCUT2D eigenvalue weighted by atomic mass is 10.2. The third-order valence-corrected chi connectivity index (χ3v) is 3.54. The first-order chi connectivity index (χ1) is 12.1. The fourth-order valence-electron chi connectivity index (χ4n) is 1.94. The molecule has 0 radical (unpaired) electrons. The Balaban J connectivity index is 2.00. The number of carbonyl (C=O) groups excluding carboxylic acids is 2. The average molecular weight is 360 g/mol. The molecule has 0 saturated carbocycles. The van der Waals surface area contributed by atoms with E-state index in [0.717, 1.165) is 5.56 Å². The minimum absolute atomic E-state index is 0.301. The van der Waals surface area contributed by atoms with Crippen LogP contribution in [0.1, 0.15) is 18.1 Å². The molecule has 2 aromatic carbocycles. The van der Waals surface area contributed by atoms with E-state index in [1.165, 1.54) is 6.21 Å². The van der Waals surface area contributed by atoms with Crippen LogP contribution in [0.5, 0.6) is 5.75 Å². The van der Waals surface area contributed by atoms with Gasteiger partial charge in [-0.05, 0) is 25.1 Å². The van der Waals surface area contributed by atoms with Crippen molar-refractivity contribution < 1.29 is 14.3 Å². The van der Waals surface area contributed by atoms with Gasteiger partial charge in [-0.25, -0.2) is 5.43 Å². The van der Waals surface area contributed by atoms with Crippen molar-refractivity contribution in [1.82, 2.24) is 10.7 Å². The lowest BCUT2D eigenvalue weighted by molar-refractivity contribution is -0.139. The van der Waals surface area contributed by atoms with Crippen LogP contribution in [-0.4, -0.2) is 24.6 Å². The smallest absolute Gasteiger partial charge is 0.329 e. The van der Waals surface area contributed by atoms with Crippen LogP contribution < -0.4 is 15.5 Å².